The molecule has 0 radical (unpaired) electrons. The Kier molecular flexibility index (Phi) is 5.28. The van der Waals surface area contributed by atoms with E-state index in [0.29, 0.717) is 6.54 Å². The van der Waals surface area contributed by atoms with Crippen LogP contribution in [0.15, 0.2) is 11.8 Å². The maximum atomic E-state index is 11.7. The van der Waals surface area contributed by atoms with Crippen molar-refractivity contribution in [2.24, 2.45) is 0 Å². The van der Waals surface area contributed by atoms with Gasteiger partial charge in [-0.2, -0.15) is 0 Å². The van der Waals surface area contributed by atoms with E-state index in [1.54, 1.807) is 11.1 Å². The van der Waals surface area contributed by atoms with E-state index in [0.717, 1.165) is 31.8 Å². The van der Waals surface area contributed by atoms with Gasteiger partial charge in [-0.25, -0.2) is 4.79 Å². The van der Waals surface area contributed by atoms with Gasteiger partial charge in [-0.3, -0.25) is 4.90 Å². The van der Waals surface area contributed by atoms with Crippen molar-refractivity contribution in [3.8, 4) is 0 Å². The number of hydrogen-bond donors (Lipinski definition) is 2. The SMILES string of the molecule is CC(C)=CNC(=O)N1CCN(CCO)CC1. The van der Waals surface area contributed by atoms with E-state index >= 15 is 0 Å². The number of aliphatic hydroxyl groups is 1. The third-order valence-corrected chi connectivity index (χ3v) is 2.56. The lowest BCUT2D eigenvalue weighted by atomic mass is 10.3. The summed E-state index contributed by atoms with van der Waals surface area (Å²) < 4.78 is 0. The van der Waals surface area contributed by atoms with Crippen molar-refractivity contribution in [2.75, 3.05) is 39.3 Å². The Hall–Kier alpha value is -1.07. The van der Waals surface area contributed by atoms with E-state index in [-0.39, 0.29) is 12.6 Å². The molecular formula is C11H21N3O2. The molecule has 5 heteroatoms. The van der Waals surface area contributed by atoms with E-state index < -0.39 is 0 Å². The molecule has 2 N–H and O–H groups in total. The molecule has 0 aromatic heterocycles. The first-order valence-electron chi connectivity index (χ1n) is 5.65. The van der Waals surface area contributed by atoms with Gasteiger partial charge in [-0.1, -0.05) is 5.57 Å². The van der Waals surface area contributed by atoms with Crippen LogP contribution in [0.2, 0.25) is 0 Å². The zero-order chi connectivity index (χ0) is 12.0. The summed E-state index contributed by atoms with van der Waals surface area (Å²) in [5.41, 5.74) is 1.08. The van der Waals surface area contributed by atoms with Crippen molar-refractivity contribution in [3.63, 3.8) is 0 Å². The highest BCUT2D eigenvalue weighted by atomic mass is 16.3. The summed E-state index contributed by atoms with van der Waals surface area (Å²) in [5.74, 6) is 0. The molecule has 0 atom stereocenters. The number of carbonyl (C=O) groups is 1. The summed E-state index contributed by atoms with van der Waals surface area (Å²) in [6, 6.07) is -0.0372. The highest BCUT2D eigenvalue weighted by molar-refractivity contribution is 5.75. The molecule has 16 heavy (non-hydrogen) atoms. The van der Waals surface area contributed by atoms with Gasteiger partial charge in [0.2, 0.25) is 0 Å². The van der Waals surface area contributed by atoms with Crippen molar-refractivity contribution in [3.05, 3.63) is 11.8 Å². The van der Waals surface area contributed by atoms with Crippen LogP contribution < -0.4 is 5.32 Å². The largest absolute Gasteiger partial charge is 0.395 e. The molecule has 0 saturated carbocycles. The monoisotopic (exact) mass is 227 g/mol. The molecule has 0 unspecified atom stereocenters. The molecular weight excluding hydrogens is 206 g/mol. The summed E-state index contributed by atoms with van der Waals surface area (Å²) in [4.78, 5) is 15.6. The topological polar surface area (TPSA) is 55.8 Å². The number of nitrogens with one attached hydrogen (secondary N) is 1. The number of β-amino-alcohol motifs (C(OH)–C–C–N with tert-alkyl or cyclic N) is 1. The van der Waals surface area contributed by atoms with E-state index in [2.05, 4.69) is 10.2 Å². The summed E-state index contributed by atoms with van der Waals surface area (Å²) in [7, 11) is 0. The quantitative estimate of drug-likeness (QED) is 0.725. The molecule has 92 valence electrons. The Balaban J connectivity index is 2.30. The molecule has 1 heterocycles. The van der Waals surface area contributed by atoms with E-state index in [1.807, 2.05) is 13.8 Å². The van der Waals surface area contributed by atoms with Crippen LogP contribution in [0.25, 0.3) is 0 Å². The van der Waals surface area contributed by atoms with Gasteiger partial charge in [0.15, 0.2) is 0 Å². The van der Waals surface area contributed by atoms with Crippen LogP contribution in [0.5, 0.6) is 0 Å². The number of amides is 2. The number of hydrogen-bond acceptors (Lipinski definition) is 3. The van der Waals surface area contributed by atoms with Gasteiger partial charge in [-0.15, -0.1) is 0 Å². The molecule has 0 bridgehead atoms. The lowest BCUT2D eigenvalue weighted by Gasteiger charge is -2.34. The Morgan fingerprint density at radius 2 is 1.94 bits per heavy atom. The molecule has 0 aliphatic carbocycles. The van der Waals surface area contributed by atoms with Gasteiger partial charge in [-0.05, 0) is 13.8 Å². The summed E-state index contributed by atoms with van der Waals surface area (Å²) in [5, 5.41) is 11.6. The van der Waals surface area contributed by atoms with E-state index in [4.69, 9.17) is 5.11 Å². The second-order valence-corrected chi connectivity index (χ2v) is 4.22. The fourth-order valence-corrected chi connectivity index (χ4v) is 1.61. The Bertz CT molecular complexity index is 254. The Morgan fingerprint density at radius 1 is 1.31 bits per heavy atom. The molecule has 0 spiro atoms. The minimum atomic E-state index is -0.0372. The van der Waals surface area contributed by atoms with Gasteiger partial charge >= 0.3 is 6.03 Å². The zero-order valence-electron chi connectivity index (χ0n) is 10.1. The highest BCUT2D eigenvalue weighted by Gasteiger charge is 2.19. The highest BCUT2D eigenvalue weighted by Crippen LogP contribution is 2.01. The number of urea groups is 1. The molecule has 0 aromatic rings. The fourth-order valence-electron chi connectivity index (χ4n) is 1.61. The number of nitrogens with zero attached hydrogens (tertiary/aromatic N) is 2. The number of piperazine rings is 1. The van der Waals surface area contributed by atoms with Crippen LogP contribution in [0, 0.1) is 0 Å². The van der Waals surface area contributed by atoms with E-state index in [9.17, 15) is 4.79 Å². The number of rotatable bonds is 3. The van der Waals surface area contributed by atoms with Gasteiger partial charge in [0.1, 0.15) is 0 Å². The standard InChI is InChI=1S/C11H21N3O2/c1-10(2)9-12-11(16)14-5-3-13(4-6-14)7-8-15/h9,15H,3-8H2,1-2H3,(H,12,16). The third-order valence-electron chi connectivity index (χ3n) is 2.56. The van der Waals surface area contributed by atoms with Crippen LogP contribution >= 0.6 is 0 Å². The van der Waals surface area contributed by atoms with Crippen molar-refractivity contribution in [1.29, 1.82) is 0 Å². The minimum absolute atomic E-state index is 0.0372. The molecule has 1 aliphatic heterocycles. The molecule has 1 fully saturated rings. The van der Waals surface area contributed by atoms with Gasteiger partial charge in [0.25, 0.3) is 0 Å². The van der Waals surface area contributed by atoms with Crippen molar-refractivity contribution < 1.29 is 9.90 Å². The first kappa shape index (κ1) is 13.0. The van der Waals surface area contributed by atoms with Crippen LogP contribution in [-0.4, -0.2) is 60.3 Å². The normalized spacial score (nSPS) is 17.1. The first-order valence-corrected chi connectivity index (χ1v) is 5.65. The van der Waals surface area contributed by atoms with Crippen molar-refractivity contribution >= 4 is 6.03 Å². The Morgan fingerprint density at radius 3 is 2.44 bits per heavy atom. The second-order valence-electron chi connectivity index (χ2n) is 4.22. The summed E-state index contributed by atoms with van der Waals surface area (Å²) in [6.07, 6.45) is 1.72. The van der Waals surface area contributed by atoms with Crippen molar-refractivity contribution in [2.45, 2.75) is 13.8 Å². The molecule has 1 rings (SSSR count). The number of allylic oxidation sites excluding steroid dienone is 1. The summed E-state index contributed by atoms with van der Waals surface area (Å²) >= 11 is 0. The number of aliphatic hydroxyl groups excluding tert-OH is 1. The van der Waals surface area contributed by atoms with E-state index in [1.165, 1.54) is 0 Å². The molecule has 2 amide bonds. The average Bonchev–Trinajstić information content (AvgIpc) is 2.27. The third kappa shape index (κ3) is 4.20. The predicted molar refractivity (Wildman–Crippen MR) is 63.1 cm³/mol. The Labute approximate surface area is 96.7 Å². The van der Waals surface area contributed by atoms with Crippen LogP contribution in [0.3, 0.4) is 0 Å². The molecule has 1 saturated heterocycles. The number of carbonyl (C=O) groups excluding carboxylic acids is 1. The lowest BCUT2D eigenvalue weighted by Crippen LogP contribution is -2.51. The van der Waals surface area contributed by atoms with Crippen LogP contribution in [0.1, 0.15) is 13.8 Å². The lowest BCUT2D eigenvalue weighted by molar-refractivity contribution is 0.123. The van der Waals surface area contributed by atoms with Gasteiger partial charge < -0.3 is 15.3 Å². The first-order chi connectivity index (χ1) is 7.63. The smallest absolute Gasteiger partial charge is 0.321 e. The predicted octanol–water partition coefficient (Wildman–Crippen LogP) is 0.230. The second kappa shape index (κ2) is 6.50. The zero-order valence-corrected chi connectivity index (χ0v) is 10.1. The van der Waals surface area contributed by atoms with Crippen molar-refractivity contribution in [1.82, 2.24) is 15.1 Å². The minimum Gasteiger partial charge on any atom is -0.395 e. The van der Waals surface area contributed by atoms with Crippen LogP contribution in [0.4, 0.5) is 4.79 Å². The molecule has 0 aromatic carbocycles. The molecule has 1 aliphatic rings. The molecule has 5 nitrogen and oxygen atoms in total. The fraction of sp³-hybridized carbons (Fsp3) is 0.727. The maximum absolute atomic E-state index is 11.7. The summed E-state index contributed by atoms with van der Waals surface area (Å²) in [6.45, 7) is 7.89. The van der Waals surface area contributed by atoms with Crippen LogP contribution in [-0.2, 0) is 0 Å². The van der Waals surface area contributed by atoms with Gasteiger partial charge in [0.05, 0.1) is 6.61 Å². The van der Waals surface area contributed by atoms with Gasteiger partial charge in [0, 0.05) is 38.9 Å². The maximum Gasteiger partial charge on any atom is 0.321 e. The average molecular weight is 227 g/mol.